The number of nitrogen functional groups attached to an aromatic ring is 1. The van der Waals surface area contributed by atoms with Crippen LogP contribution in [-0.4, -0.2) is 23.4 Å². The summed E-state index contributed by atoms with van der Waals surface area (Å²) >= 11 is 0. The van der Waals surface area contributed by atoms with E-state index in [0.717, 1.165) is 37.3 Å². The van der Waals surface area contributed by atoms with E-state index >= 15 is 0 Å². The second kappa shape index (κ2) is 2.54. The van der Waals surface area contributed by atoms with Crippen molar-refractivity contribution in [3.8, 4) is 0 Å². The topological polar surface area (TPSA) is 63.9 Å². The predicted octanol–water partition coefficient (Wildman–Crippen LogP) is 0.107. The van der Waals surface area contributed by atoms with Crippen LogP contribution in [0.1, 0.15) is 11.3 Å². The van der Waals surface area contributed by atoms with Crippen molar-refractivity contribution in [1.29, 1.82) is 0 Å². The minimum absolute atomic E-state index is 0.630. The summed E-state index contributed by atoms with van der Waals surface area (Å²) in [6, 6.07) is 0. The van der Waals surface area contributed by atoms with Crippen LogP contribution in [0.25, 0.3) is 0 Å². The highest BCUT2D eigenvalue weighted by atomic mass is 16.5. The van der Waals surface area contributed by atoms with Crippen LogP contribution < -0.4 is 5.73 Å². The van der Waals surface area contributed by atoms with E-state index in [4.69, 9.17) is 10.5 Å². The second-order valence-corrected chi connectivity index (χ2v) is 2.68. The molecule has 0 saturated carbocycles. The maximum atomic E-state index is 5.63. The number of aromatic nitrogens is 2. The van der Waals surface area contributed by atoms with E-state index in [1.165, 1.54) is 0 Å². The monoisotopic (exact) mass is 153 g/mol. The Balaban J connectivity index is 2.35. The molecule has 0 spiro atoms. The fourth-order valence-corrected chi connectivity index (χ4v) is 1.35. The predicted molar refractivity (Wildman–Crippen MR) is 41.2 cm³/mol. The zero-order valence-corrected chi connectivity index (χ0v) is 6.26. The minimum Gasteiger partial charge on any atom is -0.382 e. The first-order valence-corrected chi connectivity index (χ1v) is 3.77. The van der Waals surface area contributed by atoms with Crippen molar-refractivity contribution in [2.45, 2.75) is 12.8 Å². The molecule has 2 heterocycles. The Morgan fingerprint density at radius 2 is 2.18 bits per heavy atom. The second-order valence-electron chi connectivity index (χ2n) is 2.68. The highest BCUT2D eigenvalue weighted by molar-refractivity contribution is 5.42. The van der Waals surface area contributed by atoms with E-state index in [0.29, 0.717) is 5.82 Å². The molecule has 1 aromatic rings. The number of nitrogens with zero attached hydrogens (tertiary/aromatic N) is 1. The molecule has 0 saturated heterocycles. The maximum Gasteiger partial charge on any atom is 0.148 e. The molecule has 3 N–H and O–H groups in total. The average molecular weight is 153 g/mol. The number of anilines is 1. The summed E-state index contributed by atoms with van der Waals surface area (Å²) in [5.41, 5.74) is 7.91. The van der Waals surface area contributed by atoms with Gasteiger partial charge in [0.1, 0.15) is 5.82 Å². The van der Waals surface area contributed by atoms with Crippen LogP contribution in [0.4, 0.5) is 5.82 Å². The molecule has 2 rings (SSSR count). The van der Waals surface area contributed by atoms with E-state index in [-0.39, 0.29) is 0 Å². The molecule has 0 aromatic carbocycles. The van der Waals surface area contributed by atoms with Crippen LogP contribution >= 0.6 is 0 Å². The van der Waals surface area contributed by atoms with Crippen molar-refractivity contribution in [1.82, 2.24) is 10.2 Å². The molecule has 0 atom stereocenters. The van der Waals surface area contributed by atoms with Crippen molar-refractivity contribution in [3.05, 3.63) is 11.3 Å². The molecular formula is C7H11N3O. The van der Waals surface area contributed by atoms with Crippen LogP contribution in [0, 0.1) is 0 Å². The summed E-state index contributed by atoms with van der Waals surface area (Å²) in [4.78, 5) is 0. The van der Waals surface area contributed by atoms with Gasteiger partial charge in [-0.05, 0) is 0 Å². The van der Waals surface area contributed by atoms with Crippen LogP contribution in [0.15, 0.2) is 0 Å². The van der Waals surface area contributed by atoms with Gasteiger partial charge in [0, 0.05) is 24.1 Å². The number of hydrogen-bond donors (Lipinski definition) is 2. The lowest BCUT2D eigenvalue weighted by atomic mass is 10.1. The van der Waals surface area contributed by atoms with Gasteiger partial charge in [0.25, 0.3) is 0 Å². The summed E-state index contributed by atoms with van der Waals surface area (Å²) in [6.07, 6.45) is 1.79. The molecule has 4 nitrogen and oxygen atoms in total. The molecule has 1 aliphatic heterocycles. The molecule has 0 fully saturated rings. The smallest absolute Gasteiger partial charge is 0.148 e. The first-order valence-electron chi connectivity index (χ1n) is 3.77. The highest BCUT2D eigenvalue weighted by Gasteiger charge is 2.12. The summed E-state index contributed by atoms with van der Waals surface area (Å²) in [7, 11) is 0. The van der Waals surface area contributed by atoms with Crippen LogP contribution in [0.3, 0.4) is 0 Å². The number of H-pyrrole nitrogens is 1. The van der Waals surface area contributed by atoms with Gasteiger partial charge in [0.2, 0.25) is 0 Å². The fraction of sp³-hybridized carbons (Fsp3) is 0.571. The third-order valence-electron chi connectivity index (χ3n) is 1.98. The van der Waals surface area contributed by atoms with Gasteiger partial charge in [-0.25, -0.2) is 0 Å². The molecule has 0 radical (unpaired) electrons. The molecule has 0 amide bonds. The number of ether oxygens (including phenoxy) is 1. The summed E-state index contributed by atoms with van der Waals surface area (Å²) in [5, 5.41) is 6.85. The van der Waals surface area contributed by atoms with Crippen molar-refractivity contribution in [2.24, 2.45) is 0 Å². The Labute approximate surface area is 64.7 Å². The quantitative estimate of drug-likeness (QED) is 0.556. The van der Waals surface area contributed by atoms with Gasteiger partial charge < -0.3 is 10.5 Å². The maximum absolute atomic E-state index is 5.63. The molecule has 1 aliphatic rings. The molecule has 0 aliphatic carbocycles. The Bertz CT molecular complexity index is 256. The first kappa shape index (κ1) is 6.67. The standard InChI is InChI=1S/C7H11N3O/c8-7-5-1-3-11-4-2-6(5)9-10-7/h1-4H2,(H3,8,9,10). The Hall–Kier alpha value is -1.03. The van der Waals surface area contributed by atoms with Crippen molar-refractivity contribution in [2.75, 3.05) is 18.9 Å². The van der Waals surface area contributed by atoms with E-state index in [2.05, 4.69) is 10.2 Å². The number of nitrogens with one attached hydrogen (secondary N) is 1. The molecule has 0 unspecified atom stereocenters. The Kier molecular flexibility index (Phi) is 1.54. The highest BCUT2D eigenvalue weighted by Crippen LogP contribution is 2.16. The largest absolute Gasteiger partial charge is 0.382 e. The van der Waals surface area contributed by atoms with Gasteiger partial charge in [-0.15, -0.1) is 0 Å². The molecule has 0 bridgehead atoms. The molecular weight excluding hydrogens is 142 g/mol. The summed E-state index contributed by atoms with van der Waals surface area (Å²) in [5.74, 6) is 0.630. The SMILES string of the molecule is Nc1n[nH]c2c1CCOCC2. The molecule has 4 heteroatoms. The van der Waals surface area contributed by atoms with Gasteiger partial charge in [-0.3, -0.25) is 5.10 Å². The average Bonchev–Trinajstić information content (AvgIpc) is 2.25. The number of nitrogens with two attached hydrogens (primary N) is 1. The first-order chi connectivity index (χ1) is 5.38. The number of rotatable bonds is 0. The summed E-state index contributed by atoms with van der Waals surface area (Å²) < 4.78 is 5.29. The van der Waals surface area contributed by atoms with E-state index in [1.807, 2.05) is 0 Å². The van der Waals surface area contributed by atoms with Crippen LogP contribution in [-0.2, 0) is 17.6 Å². The van der Waals surface area contributed by atoms with Gasteiger partial charge in [0.05, 0.1) is 13.2 Å². The number of hydrogen-bond acceptors (Lipinski definition) is 3. The van der Waals surface area contributed by atoms with Crippen molar-refractivity contribution in [3.63, 3.8) is 0 Å². The van der Waals surface area contributed by atoms with Gasteiger partial charge >= 0.3 is 0 Å². The lowest BCUT2D eigenvalue weighted by Gasteiger charge is -1.94. The molecule has 11 heavy (non-hydrogen) atoms. The fourth-order valence-electron chi connectivity index (χ4n) is 1.35. The lowest BCUT2D eigenvalue weighted by molar-refractivity contribution is 0.146. The zero-order valence-electron chi connectivity index (χ0n) is 6.26. The van der Waals surface area contributed by atoms with Crippen LogP contribution in [0.2, 0.25) is 0 Å². The number of aromatic amines is 1. The zero-order chi connectivity index (χ0) is 7.68. The van der Waals surface area contributed by atoms with Gasteiger partial charge in [-0.2, -0.15) is 5.10 Å². The van der Waals surface area contributed by atoms with Gasteiger partial charge in [-0.1, -0.05) is 0 Å². The number of fused-ring (bicyclic) bond motifs is 1. The van der Waals surface area contributed by atoms with Crippen molar-refractivity contribution < 1.29 is 4.74 Å². The molecule has 60 valence electrons. The Morgan fingerprint density at radius 3 is 3.09 bits per heavy atom. The minimum atomic E-state index is 0.630. The van der Waals surface area contributed by atoms with Gasteiger partial charge in [0.15, 0.2) is 0 Å². The van der Waals surface area contributed by atoms with E-state index < -0.39 is 0 Å². The Morgan fingerprint density at radius 1 is 1.36 bits per heavy atom. The normalized spacial score (nSPS) is 17.5. The van der Waals surface area contributed by atoms with E-state index in [1.54, 1.807) is 0 Å². The summed E-state index contributed by atoms with van der Waals surface area (Å²) in [6.45, 7) is 1.53. The third kappa shape index (κ3) is 1.09. The van der Waals surface area contributed by atoms with Crippen LogP contribution in [0.5, 0.6) is 0 Å². The lowest BCUT2D eigenvalue weighted by Crippen LogP contribution is -1.97. The third-order valence-corrected chi connectivity index (χ3v) is 1.98. The molecule has 1 aromatic heterocycles. The van der Waals surface area contributed by atoms with Crippen molar-refractivity contribution >= 4 is 5.82 Å². The van der Waals surface area contributed by atoms with E-state index in [9.17, 15) is 0 Å².